The molecule has 3 rings (SSSR count). The molecule has 1 aromatic rings. The third-order valence-electron chi connectivity index (χ3n) is 3.35. The summed E-state index contributed by atoms with van der Waals surface area (Å²) in [4.78, 5) is 35.7. The normalized spacial score (nSPS) is 10.8. The largest absolute Gasteiger partial charge is 0.465 e. The number of amides is 1. The summed E-state index contributed by atoms with van der Waals surface area (Å²) in [5.74, 6) is -0.590. The summed E-state index contributed by atoms with van der Waals surface area (Å²) in [5.41, 5.74) is 2.41. The van der Waals surface area contributed by atoms with E-state index in [1.807, 2.05) is 0 Å². The Hall–Kier alpha value is -3.14. The van der Waals surface area contributed by atoms with Crippen molar-refractivity contribution < 1.29 is 18.8 Å². The van der Waals surface area contributed by atoms with Crippen molar-refractivity contribution in [3.8, 4) is 11.3 Å². The number of methoxy groups -OCH3 is 1. The summed E-state index contributed by atoms with van der Waals surface area (Å²) in [7, 11) is 1.21. The molecule has 0 saturated heterocycles. The molecule has 11 heteroatoms. The summed E-state index contributed by atoms with van der Waals surface area (Å²) >= 11 is 5.63. The molecule has 25 heavy (non-hydrogen) atoms. The van der Waals surface area contributed by atoms with Crippen LogP contribution < -0.4 is 11.0 Å². The number of hydrogen-bond acceptors (Lipinski definition) is 7. The first kappa shape index (κ1) is 16.7. The van der Waals surface area contributed by atoms with E-state index in [1.165, 1.54) is 30.2 Å². The zero-order valence-electron chi connectivity index (χ0n) is 12.9. The number of nitrogens with zero attached hydrogens (tertiary/aromatic N) is 3. The quantitative estimate of drug-likeness (QED) is 0.639. The van der Waals surface area contributed by atoms with Gasteiger partial charge in [0.05, 0.1) is 12.7 Å². The molecule has 3 heterocycles. The predicted molar refractivity (Wildman–Crippen MR) is 85.0 cm³/mol. The van der Waals surface area contributed by atoms with Gasteiger partial charge in [0.15, 0.2) is 5.15 Å². The number of esters is 1. The molecule has 0 aromatic carbocycles. The predicted octanol–water partition coefficient (Wildman–Crippen LogP) is 0.807. The van der Waals surface area contributed by atoms with Gasteiger partial charge < -0.3 is 9.26 Å². The van der Waals surface area contributed by atoms with E-state index in [-0.39, 0.29) is 40.7 Å². The number of ether oxygens (including phenoxy) is 1. The van der Waals surface area contributed by atoms with E-state index >= 15 is 0 Å². The van der Waals surface area contributed by atoms with Crippen molar-refractivity contribution in [2.45, 2.75) is 12.8 Å². The Labute approximate surface area is 145 Å². The maximum Gasteiger partial charge on any atom is 0.341 e. The van der Waals surface area contributed by atoms with Crippen LogP contribution in [-0.4, -0.2) is 39.0 Å². The lowest BCUT2D eigenvalue weighted by Gasteiger charge is -2.12. The molecule has 1 aromatic heterocycles. The molecular weight excluding hydrogens is 354 g/mol. The number of carbonyl (C=O) groups is 2. The Kier molecular flexibility index (Phi) is 4.52. The number of aromatic nitrogens is 4. The second kappa shape index (κ2) is 6.77. The molecule has 0 saturated carbocycles. The SMILES string of the molecule is COC(=O)c1cn(NC(=O)CCc2cc(Cl)no2)cc2c(=O)[nH]nc1-2. The van der Waals surface area contributed by atoms with Crippen LogP contribution in [0.2, 0.25) is 5.15 Å². The molecule has 2 aliphatic heterocycles. The molecule has 10 nitrogen and oxygen atoms in total. The lowest BCUT2D eigenvalue weighted by Crippen LogP contribution is -2.25. The molecule has 0 unspecified atom stereocenters. The van der Waals surface area contributed by atoms with E-state index in [0.29, 0.717) is 5.76 Å². The topological polar surface area (TPSA) is 132 Å². The van der Waals surface area contributed by atoms with E-state index in [9.17, 15) is 14.4 Å². The molecule has 0 aliphatic carbocycles. The molecule has 0 radical (unpaired) electrons. The van der Waals surface area contributed by atoms with Gasteiger partial charge in [0.2, 0.25) is 5.91 Å². The summed E-state index contributed by atoms with van der Waals surface area (Å²) in [6.07, 6.45) is 3.05. The number of fused-ring (bicyclic) bond motifs is 1. The van der Waals surface area contributed by atoms with Crippen LogP contribution in [-0.2, 0) is 16.0 Å². The first-order valence-corrected chi connectivity index (χ1v) is 7.45. The van der Waals surface area contributed by atoms with Gasteiger partial charge in [-0.15, -0.1) is 0 Å². The molecule has 2 aliphatic rings. The highest BCUT2D eigenvalue weighted by Crippen LogP contribution is 2.20. The van der Waals surface area contributed by atoms with Crippen molar-refractivity contribution in [1.29, 1.82) is 0 Å². The van der Waals surface area contributed by atoms with Crippen LogP contribution in [0.15, 0.2) is 27.8 Å². The van der Waals surface area contributed by atoms with Gasteiger partial charge in [0.25, 0.3) is 5.56 Å². The standard InChI is InChI=1S/C14H12ClN5O5/c1-24-14(23)9-6-20(5-8-12(9)16-17-13(8)22)18-11(21)3-2-7-4-10(15)19-25-7/h4-6H,2-3H2,1H3,(H,17,22)(H,18,21). The highest BCUT2D eigenvalue weighted by atomic mass is 35.5. The van der Waals surface area contributed by atoms with Crippen molar-refractivity contribution in [2.24, 2.45) is 0 Å². The van der Waals surface area contributed by atoms with Gasteiger partial charge in [-0.1, -0.05) is 16.8 Å². The number of aryl methyl sites for hydroxylation is 1. The van der Waals surface area contributed by atoms with Gasteiger partial charge in [-0.3, -0.25) is 19.7 Å². The zero-order valence-corrected chi connectivity index (χ0v) is 13.7. The third kappa shape index (κ3) is 3.53. The van der Waals surface area contributed by atoms with Crippen LogP contribution in [0.5, 0.6) is 0 Å². The Morgan fingerprint density at radius 3 is 2.92 bits per heavy atom. The van der Waals surface area contributed by atoms with Crippen LogP contribution >= 0.6 is 11.6 Å². The average Bonchev–Trinajstić information content (AvgIpc) is 3.18. The number of carbonyl (C=O) groups excluding carboxylic acids is 2. The Morgan fingerprint density at radius 2 is 2.24 bits per heavy atom. The van der Waals surface area contributed by atoms with Crippen molar-refractivity contribution in [3.05, 3.63) is 45.3 Å². The molecule has 130 valence electrons. The fraction of sp³-hybridized carbons (Fsp3) is 0.214. The highest BCUT2D eigenvalue weighted by Gasteiger charge is 2.22. The number of H-pyrrole nitrogens is 1. The number of pyridine rings is 1. The van der Waals surface area contributed by atoms with E-state index in [2.05, 4.69) is 25.5 Å². The van der Waals surface area contributed by atoms with Crippen LogP contribution in [0.1, 0.15) is 22.5 Å². The molecule has 0 fully saturated rings. The van der Waals surface area contributed by atoms with E-state index in [0.717, 1.165) is 0 Å². The molecule has 0 spiro atoms. The first-order chi connectivity index (χ1) is 12.0. The van der Waals surface area contributed by atoms with E-state index in [4.69, 9.17) is 16.1 Å². The molecule has 0 atom stereocenters. The monoisotopic (exact) mass is 365 g/mol. The van der Waals surface area contributed by atoms with Crippen molar-refractivity contribution in [2.75, 3.05) is 12.5 Å². The van der Waals surface area contributed by atoms with Crippen LogP contribution in [0.25, 0.3) is 11.3 Å². The lowest BCUT2D eigenvalue weighted by atomic mass is 10.1. The number of hydrogen-bond donors (Lipinski definition) is 2. The molecular formula is C14H12ClN5O5. The number of halogens is 1. The van der Waals surface area contributed by atoms with Crippen LogP contribution in [0.3, 0.4) is 0 Å². The summed E-state index contributed by atoms with van der Waals surface area (Å²) in [6.45, 7) is 0. The lowest BCUT2D eigenvalue weighted by molar-refractivity contribution is -0.117. The maximum absolute atomic E-state index is 12.1. The van der Waals surface area contributed by atoms with Gasteiger partial charge in [-0.2, -0.15) is 5.10 Å². The second-order valence-electron chi connectivity index (χ2n) is 5.04. The first-order valence-electron chi connectivity index (χ1n) is 7.07. The van der Waals surface area contributed by atoms with E-state index < -0.39 is 11.5 Å². The Bertz CT molecular complexity index is 959. The van der Waals surface area contributed by atoms with Gasteiger partial charge in [0.1, 0.15) is 17.0 Å². The minimum absolute atomic E-state index is 0.0423. The Balaban J connectivity index is 1.79. The fourth-order valence-electron chi connectivity index (χ4n) is 2.20. The summed E-state index contributed by atoms with van der Waals surface area (Å²) in [5, 5.41) is 9.77. The second-order valence-corrected chi connectivity index (χ2v) is 5.42. The van der Waals surface area contributed by atoms with Gasteiger partial charge in [-0.05, 0) is 0 Å². The summed E-state index contributed by atoms with van der Waals surface area (Å²) < 4.78 is 10.8. The maximum atomic E-state index is 12.1. The Morgan fingerprint density at radius 1 is 1.44 bits per heavy atom. The van der Waals surface area contributed by atoms with Crippen LogP contribution in [0, 0.1) is 0 Å². The smallest absolute Gasteiger partial charge is 0.341 e. The fourth-order valence-corrected chi connectivity index (χ4v) is 2.36. The van der Waals surface area contributed by atoms with Gasteiger partial charge in [-0.25, -0.2) is 9.89 Å². The van der Waals surface area contributed by atoms with Crippen molar-refractivity contribution >= 4 is 23.5 Å². The highest BCUT2D eigenvalue weighted by molar-refractivity contribution is 6.29. The molecule has 2 N–H and O–H groups in total. The van der Waals surface area contributed by atoms with Crippen LogP contribution in [0.4, 0.5) is 0 Å². The van der Waals surface area contributed by atoms with Crippen molar-refractivity contribution in [3.63, 3.8) is 0 Å². The number of rotatable bonds is 5. The van der Waals surface area contributed by atoms with Gasteiger partial charge >= 0.3 is 5.97 Å². The molecule has 0 bridgehead atoms. The van der Waals surface area contributed by atoms with Crippen molar-refractivity contribution in [1.82, 2.24) is 20.0 Å². The van der Waals surface area contributed by atoms with E-state index in [1.54, 1.807) is 0 Å². The third-order valence-corrected chi connectivity index (χ3v) is 3.53. The average molecular weight is 366 g/mol. The van der Waals surface area contributed by atoms with Gasteiger partial charge in [0, 0.05) is 31.3 Å². The minimum atomic E-state index is -0.684. The number of aromatic amines is 1. The number of nitrogens with one attached hydrogen (secondary N) is 2. The molecule has 1 amide bonds. The minimum Gasteiger partial charge on any atom is -0.465 e. The summed E-state index contributed by atoms with van der Waals surface area (Å²) in [6, 6.07) is 1.51. The zero-order chi connectivity index (χ0) is 18.0.